The van der Waals surface area contributed by atoms with E-state index in [0.29, 0.717) is 0 Å². The molecule has 0 saturated carbocycles. The van der Waals surface area contributed by atoms with Crippen LogP contribution in [0.1, 0.15) is 0 Å². The van der Waals surface area contributed by atoms with Crippen LogP contribution in [0.25, 0.3) is 0 Å². The first kappa shape index (κ1) is 29.0. The number of fused-ring (bicyclic) bond motifs is 3. The molecule has 3 aliphatic rings. The molecule has 0 aliphatic carbocycles. The Bertz CT molecular complexity index is 699. The third kappa shape index (κ3) is 6.68. The van der Waals surface area contributed by atoms with E-state index in [-0.39, 0.29) is 14.3 Å². The van der Waals surface area contributed by atoms with Crippen LogP contribution in [0.3, 0.4) is 0 Å². The van der Waals surface area contributed by atoms with Crippen LogP contribution >= 0.6 is 90.4 Å². The third-order valence-corrected chi connectivity index (χ3v) is 10.6. The molecule has 0 amide bonds. The van der Waals surface area contributed by atoms with Crippen LogP contribution in [0.15, 0.2) is 0 Å². The molecular formula is C18H12F8I4N2. The van der Waals surface area contributed by atoms with Crippen molar-refractivity contribution >= 4 is 90.4 Å². The van der Waals surface area contributed by atoms with Gasteiger partial charge in [0.2, 0.25) is 0 Å². The van der Waals surface area contributed by atoms with E-state index in [9.17, 15) is 35.1 Å². The van der Waals surface area contributed by atoms with Gasteiger partial charge in [-0.3, -0.25) is 9.80 Å². The molecule has 2 nitrogen and oxygen atoms in total. The number of hydrogen-bond donors (Lipinski definition) is 0. The van der Waals surface area contributed by atoms with Gasteiger partial charge in [0, 0.05) is 39.3 Å². The topological polar surface area (TPSA) is 6.48 Å². The fourth-order valence-corrected chi connectivity index (χ4v) is 4.57. The second kappa shape index (κ2) is 12.6. The average molecular weight is 916 g/mol. The maximum Gasteiger partial charge on any atom is 0.198 e. The second-order valence-electron chi connectivity index (χ2n) is 6.45. The lowest BCUT2D eigenvalue weighted by Gasteiger charge is -2.41. The normalized spacial score (nSPS) is 19.1. The van der Waals surface area contributed by atoms with Gasteiger partial charge in [0.25, 0.3) is 0 Å². The van der Waals surface area contributed by atoms with E-state index in [1.807, 2.05) is 0 Å². The Morgan fingerprint density at radius 2 is 0.500 bits per heavy atom. The summed E-state index contributed by atoms with van der Waals surface area (Å²) in [6, 6.07) is 0. The van der Waals surface area contributed by atoms with Gasteiger partial charge in [-0.25, -0.2) is 35.1 Å². The Morgan fingerprint density at radius 1 is 0.344 bits per heavy atom. The van der Waals surface area contributed by atoms with Gasteiger partial charge in [-0.15, -0.1) is 0 Å². The Balaban J connectivity index is 0.000000173. The zero-order valence-electron chi connectivity index (χ0n) is 15.7. The van der Waals surface area contributed by atoms with Gasteiger partial charge >= 0.3 is 0 Å². The smallest absolute Gasteiger partial charge is 0.198 e. The summed E-state index contributed by atoms with van der Waals surface area (Å²) in [5.74, 6) is -12.5. The summed E-state index contributed by atoms with van der Waals surface area (Å²) in [5.41, 5.74) is 0. The number of piperazine rings is 3. The summed E-state index contributed by atoms with van der Waals surface area (Å²) in [4.78, 5) is 5.08. The molecule has 3 aliphatic heterocycles. The largest absolute Gasteiger partial charge is 0.300 e. The summed E-state index contributed by atoms with van der Waals surface area (Å²) in [5, 5.41) is 0. The quantitative estimate of drug-likeness (QED) is 0.129. The van der Waals surface area contributed by atoms with Crippen molar-refractivity contribution in [3.05, 3.63) is 60.8 Å². The first-order valence-electron chi connectivity index (χ1n) is 8.67. The number of rotatable bonds is 0. The van der Waals surface area contributed by atoms with Crippen LogP contribution in [0.2, 0.25) is 0 Å². The van der Waals surface area contributed by atoms with Crippen LogP contribution in [0.4, 0.5) is 35.1 Å². The molecular weight excluding hydrogens is 904 g/mol. The van der Waals surface area contributed by atoms with Crippen molar-refractivity contribution in [3.63, 3.8) is 0 Å². The molecule has 3 fully saturated rings. The van der Waals surface area contributed by atoms with Gasteiger partial charge in [0.1, 0.15) is 0 Å². The molecule has 0 aromatic heterocycles. The predicted octanol–water partition coefficient (Wildman–Crippen LogP) is 6.52. The maximum atomic E-state index is 12.6. The minimum Gasteiger partial charge on any atom is -0.300 e. The lowest BCUT2D eigenvalue weighted by molar-refractivity contribution is 0.0647. The molecule has 0 atom stereocenters. The van der Waals surface area contributed by atoms with E-state index in [1.54, 1.807) is 0 Å². The van der Waals surface area contributed by atoms with E-state index in [1.165, 1.54) is 130 Å². The molecule has 3 saturated heterocycles. The van der Waals surface area contributed by atoms with Crippen molar-refractivity contribution in [1.29, 1.82) is 0 Å². The van der Waals surface area contributed by atoms with Crippen LogP contribution in [0.5, 0.6) is 0 Å². The first-order valence-corrected chi connectivity index (χ1v) is 13.0. The molecule has 3 heterocycles. The lowest BCUT2D eigenvalue weighted by atomic mass is 10.2. The fraction of sp³-hybridized carbons (Fsp3) is 0.333. The van der Waals surface area contributed by atoms with Gasteiger partial charge in [0.05, 0.1) is 14.3 Å². The minimum absolute atomic E-state index is 0.246. The molecule has 0 radical (unpaired) electrons. The van der Waals surface area contributed by atoms with Crippen molar-refractivity contribution < 1.29 is 35.1 Å². The summed E-state index contributed by atoms with van der Waals surface area (Å²) < 4.78 is 99.3. The molecule has 2 bridgehead atoms. The Hall–Kier alpha value is 0.720. The molecule has 14 heteroatoms. The SMILES string of the molecule is C1CN2CCN1CC2.Fc1c(F)c(F)c(I)c(I)c1F.Fc1c(F)c(F)c(I)c(I)c1F. The van der Waals surface area contributed by atoms with Gasteiger partial charge < -0.3 is 0 Å². The van der Waals surface area contributed by atoms with Crippen LogP contribution in [-0.4, -0.2) is 49.1 Å². The molecule has 178 valence electrons. The fourth-order valence-electron chi connectivity index (χ4n) is 2.68. The lowest BCUT2D eigenvalue weighted by Crippen LogP contribution is -2.55. The summed E-state index contributed by atoms with van der Waals surface area (Å²) in [7, 11) is 0. The van der Waals surface area contributed by atoms with Crippen molar-refractivity contribution in [2.24, 2.45) is 0 Å². The monoisotopic (exact) mass is 916 g/mol. The van der Waals surface area contributed by atoms with Crippen LogP contribution < -0.4 is 0 Å². The van der Waals surface area contributed by atoms with Crippen LogP contribution in [0, 0.1) is 60.8 Å². The summed E-state index contributed by atoms with van der Waals surface area (Å²) in [6.07, 6.45) is 0. The van der Waals surface area contributed by atoms with Crippen molar-refractivity contribution in [1.82, 2.24) is 9.80 Å². The van der Waals surface area contributed by atoms with E-state index in [4.69, 9.17) is 0 Å². The van der Waals surface area contributed by atoms with Crippen LogP contribution in [-0.2, 0) is 0 Å². The number of nitrogens with zero attached hydrogens (tertiary/aromatic N) is 2. The Labute approximate surface area is 233 Å². The molecule has 5 rings (SSSR count). The molecule has 0 unspecified atom stereocenters. The van der Waals surface area contributed by atoms with Crippen molar-refractivity contribution in [2.45, 2.75) is 0 Å². The van der Waals surface area contributed by atoms with Gasteiger partial charge in [-0.1, -0.05) is 0 Å². The Morgan fingerprint density at radius 3 is 0.625 bits per heavy atom. The van der Waals surface area contributed by atoms with E-state index in [2.05, 4.69) is 9.80 Å². The highest BCUT2D eigenvalue weighted by molar-refractivity contribution is 14.1. The minimum atomic E-state index is -1.77. The molecule has 0 N–H and O–H groups in total. The molecule has 2 aromatic rings. The molecule has 32 heavy (non-hydrogen) atoms. The number of benzene rings is 2. The Kier molecular flexibility index (Phi) is 11.4. The van der Waals surface area contributed by atoms with Gasteiger partial charge in [0.15, 0.2) is 46.5 Å². The van der Waals surface area contributed by atoms with E-state index < -0.39 is 46.5 Å². The van der Waals surface area contributed by atoms with E-state index in [0.717, 1.165) is 0 Å². The maximum absolute atomic E-state index is 12.6. The molecule has 2 aromatic carbocycles. The van der Waals surface area contributed by atoms with Crippen molar-refractivity contribution in [2.75, 3.05) is 39.3 Å². The first-order chi connectivity index (χ1) is 14.9. The summed E-state index contributed by atoms with van der Waals surface area (Å²) in [6.45, 7) is 7.92. The highest BCUT2D eigenvalue weighted by atomic mass is 127. The van der Waals surface area contributed by atoms with Gasteiger partial charge in [-0.05, 0) is 90.4 Å². The van der Waals surface area contributed by atoms with Gasteiger partial charge in [-0.2, -0.15) is 0 Å². The van der Waals surface area contributed by atoms with E-state index >= 15 is 0 Å². The summed E-state index contributed by atoms with van der Waals surface area (Å²) >= 11 is 5.63. The predicted molar refractivity (Wildman–Crippen MR) is 136 cm³/mol. The average Bonchev–Trinajstić information content (AvgIpc) is 2.83. The molecule has 0 spiro atoms. The standard InChI is InChI=1S/2C6F4I2.C6H12N2/c2*7-1-2(8)4(10)6(12)5(11)3(1)9;1-2-8-5-3-7(1)4-6-8/h;;1-6H2. The highest BCUT2D eigenvalue weighted by Crippen LogP contribution is 2.27. The highest BCUT2D eigenvalue weighted by Gasteiger charge is 2.23. The number of hydrogen-bond acceptors (Lipinski definition) is 2. The zero-order valence-corrected chi connectivity index (χ0v) is 24.3. The second-order valence-corrected chi connectivity index (χ2v) is 10.8. The number of halogens is 12. The third-order valence-electron chi connectivity index (χ3n) is 4.51. The zero-order chi connectivity index (χ0) is 24.3. The van der Waals surface area contributed by atoms with Crippen molar-refractivity contribution in [3.8, 4) is 0 Å².